The number of carbonyl (C=O) groups is 1. The van der Waals surface area contributed by atoms with Gasteiger partial charge in [-0.05, 0) is 37.1 Å². The zero-order valence-electron chi connectivity index (χ0n) is 14.5. The molecule has 1 N–H and O–H groups in total. The Hall–Kier alpha value is -2.49. The van der Waals surface area contributed by atoms with Crippen LogP contribution in [0.15, 0.2) is 48.5 Å². The van der Waals surface area contributed by atoms with Gasteiger partial charge >= 0.3 is 0 Å². The van der Waals surface area contributed by atoms with E-state index in [1.165, 1.54) is 0 Å². The van der Waals surface area contributed by atoms with Crippen LogP contribution < -0.4 is 14.8 Å². The van der Waals surface area contributed by atoms with Crippen molar-refractivity contribution >= 4 is 5.91 Å². The van der Waals surface area contributed by atoms with Gasteiger partial charge in [0.1, 0.15) is 6.61 Å². The summed E-state index contributed by atoms with van der Waals surface area (Å²) in [4.78, 5) is 12.3. The zero-order chi connectivity index (χ0) is 17.4. The molecule has 24 heavy (non-hydrogen) atoms. The number of rotatable bonds is 8. The summed E-state index contributed by atoms with van der Waals surface area (Å²) in [6.45, 7) is 4.57. The monoisotopic (exact) mass is 327 g/mol. The van der Waals surface area contributed by atoms with Gasteiger partial charge in [0.25, 0.3) is 5.91 Å². The first kappa shape index (κ1) is 17.9. The number of methoxy groups -OCH3 is 1. The topological polar surface area (TPSA) is 47.6 Å². The highest BCUT2D eigenvalue weighted by molar-refractivity contribution is 5.95. The van der Waals surface area contributed by atoms with Crippen LogP contribution in [-0.4, -0.2) is 19.1 Å². The first-order valence-electron chi connectivity index (χ1n) is 8.29. The van der Waals surface area contributed by atoms with Crippen molar-refractivity contribution in [3.63, 3.8) is 0 Å². The van der Waals surface area contributed by atoms with Gasteiger partial charge in [0, 0.05) is 11.6 Å². The van der Waals surface area contributed by atoms with Gasteiger partial charge in [-0.2, -0.15) is 0 Å². The lowest BCUT2D eigenvalue weighted by Crippen LogP contribution is -2.32. The van der Waals surface area contributed by atoms with E-state index < -0.39 is 0 Å². The molecule has 2 rings (SSSR count). The Morgan fingerprint density at radius 2 is 1.88 bits per heavy atom. The second-order valence-corrected chi connectivity index (χ2v) is 5.80. The lowest BCUT2D eigenvalue weighted by molar-refractivity contribution is 0.0938. The largest absolute Gasteiger partial charge is 0.493 e. The van der Waals surface area contributed by atoms with Crippen molar-refractivity contribution in [1.29, 1.82) is 0 Å². The lowest BCUT2D eigenvalue weighted by Gasteiger charge is -2.15. The minimum Gasteiger partial charge on any atom is -0.493 e. The molecule has 2 aromatic carbocycles. The predicted octanol–water partition coefficient (Wildman–Crippen LogP) is 4.19. The van der Waals surface area contributed by atoms with Gasteiger partial charge in [-0.15, -0.1) is 0 Å². The van der Waals surface area contributed by atoms with Gasteiger partial charge < -0.3 is 14.8 Å². The summed E-state index contributed by atoms with van der Waals surface area (Å²) in [6.07, 6.45) is 2.00. The highest BCUT2D eigenvalue weighted by Gasteiger charge is 2.13. The summed E-state index contributed by atoms with van der Waals surface area (Å²) >= 11 is 0. The molecule has 4 nitrogen and oxygen atoms in total. The molecule has 0 fully saturated rings. The Morgan fingerprint density at radius 1 is 1.12 bits per heavy atom. The summed E-state index contributed by atoms with van der Waals surface area (Å²) in [7, 11) is 1.58. The minimum absolute atomic E-state index is 0.0936. The molecule has 0 unspecified atom stereocenters. The molecule has 0 aromatic heterocycles. The van der Waals surface area contributed by atoms with E-state index in [9.17, 15) is 4.79 Å². The first-order valence-corrected chi connectivity index (χ1v) is 8.29. The van der Waals surface area contributed by atoms with Crippen LogP contribution in [0.1, 0.15) is 42.6 Å². The zero-order valence-corrected chi connectivity index (χ0v) is 14.5. The van der Waals surface area contributed by atoms with Crippen LogP contribution in [-0.2, 0) is 6.61 Å². The summed E-state index contributed by atoms with van der Waals surface area (Å²) in [5, 5.41) is 2.99. The molecule has 128 valence electrons. The molecule has 0 saturated carbocycles. The Bertz CT molecular complexity index is 655. The third-order valence-corrected chi connectivity index (χ3v) is 3.76. The number of ether oxygens (including phenoxy) is 2. The van der Waals surface area contributed by atoms with Crippen molar-refractivity contribution < 1.29 is 14.3 Å². The first-order chi connectivity index (χ1) is 11.6. The Labute approximate surface area is 143 Å². The summed E-state index contributed by atoms with van der Waals surface area (Å²) in [6, 6.07) is 15.3. The van der Waals surface area contributed by atoms with Crippen LogP contribution in [0.25, 0.3) is 0 Å². The fourth-order valence-electron chi connectivity index (χ4n) is 2.48. The maximum Gasteiger partial charge on any atom is 0.251 e. The van der Waals surface area contributed by atoms with Crippen LogP contribution in [0.2, 0.25) is 0 Å². The van der Waals surface area contributed by atoms with Gasteiger partial charge in [0.05, 0.1) is 7.11 Å². The van der Waals surface area contributed by atoms with Crippen LogP contribution in [0.4, 0.5) is 0 Å². The quantitative estimate of drug-likeness (QED) is 0.791. The maximum atomic E-state index is 12.3. The van der Waals surface area contributed by atoms with Gasteiger partial charge in [-0.3, -0.25) is 4.79 Å². The number of benzene rings is 2. The molecule has 0 spiro atoms. The van der Waals surface area contributed by atoms with Crippen molar-refractivity contribution in [1.82, 2.24) is 5.32 Å². The third kappa shape index (κ3) is 5.01. The molecular formula is C20H25NO3. The number of nitrogens with one attached hydrogen (secondary N) is 1. The van der Waals surface area contributed by atoms with E-state index in [4.69, 9.17) is 9.47 Å². The van der Waals surface area contributed by atoms with Crippen LogP contribution >= 0.6 is 0 Å². The van der Waals surface area contributed by atoms with Crippen molar-refractivity contribution in [2.45, 2.75) is 39.3 Å². The number of hydrogen-bond donors (Lipinski definition) is 1. The average Bonchev–Trinajstić information content (AvgIpc) is 2.60. The molecule has 0 saturated heterocycles. The fourth-order valence-corrected chi connectivity index (χ4v) is 2.48. The van der Waals surface area contributed by atoms with Crippen LogP contribution in [0.5, 0.6) is 11.5 Å². The van der Waals surface area contributed by atoms with E-state index in [0.717, 1.165) is 18.4 Å². The minimum atomic E-state index is -0.0936. The van der Waals surface area contributed by atoms with E-state index >= 15 is 0 Å². The van der Waals surface area contributed by atoms with Crippen LogP contribution in [0.3, 0.4) is 0 Å². The average molecular weight is 327 g/mol. The molecular weight excluding hydrogens is 302 g/mol. The molecule has 2 aromatic rings. The molecule has 0 aliphatic carbocycles. The molecule has 1 amide bonds. The highest BCUT2D eigenvalue weighted by Crippen LogP contribution is 2.29. The number of hydrogen-bond acceptors (Lipinski definition) is 3. The van der Waals surface area contributed by atoms with Crippen molar-refractivity contribution in [2.75, 3.05) is 7.11 Å². The van der Waals surface area contributed by atoms with Gasteiger partial charge in [0.15, 0.2) is 11.5 Å². The highest BCUT2D eigenvalue weighted by atomic mass is 16.5. The van der Waals surface area contributed by atoms with E-state index in [-0.39, 0.29) is 11.9 Å². The molecule has 1 atom stereocenters. The van der Waals surface area contributed by atoms with Crippen LogP contribution in [0, 0.1) is 0 Å². The molecule has 0 bridgehead atoms. The normalized spacial score (nSPS) is 11.6. The molecule has 4 heteroatoms. The van der Waals surface area contributed by atoms with Crippen molar-refractivity contribution in [3.8, 4) is 11.5 Å². The Morgan fingerprint density at radius 3 is 2.54 bits per heavy atom. The second-order valence-electron chi connectivity index (χ2n) is 5.80. The smallest absolute Gasteiger partial charge is 0.251 e. The van der Waals surface area contributed by atoms with Crippen molar-refractivity contribution in [2.24, 2.45) is 0 Å². The standard InChI is InChI=1S/C20H25NO3/c1-4-8-15(2)21-20(22)17-11-12-18(19(13-17)23-3)24-14-16-9-6-5-7-10-16/h5-7,9-13,15H,4,8,14H2,1-3H3,(H,21,22)/t15-/m0/s1. The summed E-state index contributed by atoms with van der Waals surface area (Å²) in [5.74, 6) is 1.09. The fraction of sp³-hybridized carbons (Fsp3) is 0.350. The SMILES string of the molecule is CCC[C@H](C)NC(=O)c1ccc(OCc2ccccc2)c(OC)c1. The molecule has 0 radical (unpaired) electrons. The summed E-state index contributed by atoms with van der Waals surface area (Å²) < 4.78 is 11.2. The van der Waals surface area contributed by atoms with E-state index in [0.29, 0.717) is 23.7 Å². The van der Waals surface area contributed by atoms with E-state index in [1.807, 2.05) is 37.3 Å². The van der Waals surface area contributed by atoms with E-state index in [2.05, 4.69) is 12.2 Å². The summed E-state index contributed by atoms with van der Waals surface area (Å²) in [5.41, 5.74) is 1.65. The maximum absolute atomic E-state index is 12.3. The predicted molar refractivity (Wildman–Crippen MR) is 95.6 cm³/mol. The molecule has 0 aliphatic heterocycles. The Kier molecular flexibility index (Phi) is 6.67. The Balaban J connectivity index is 2.05. The van der Waals surface area contributed by atoms with E-state index in [1.54, 1.807) is 25.3 Å². The number of carbonyl (C=O) groups excluding carboxylic acids is 1. The molecule has 0 aliphatic rings. The van der Waals surface area contributed by atoms with Gasteiger partial charge in [-0.1, -0.05) is 43.7 Å². The third-order valence-electron chi connectivity index (χ3n) is 3.76. The molecule has 0 heterocycles. The number of amides is 1. The lowest BCUT2D eigenvalue weighted by atomic mass is 10.1. The van der Waals surface area contributed by atoms with Gasteiger partial charge in [0.2, 0.25) is 0 Å². The second kappa shape index (κ2) is 8.96. The van der Waals surface area contributed by atoms with Gasteiger partial charge in [-0.25, -0.2) is 0 Å². The van der Waals surface area contributed by atoms with Crippen molar-refractivity contribution in [3.05, 3.63) is 59.7 Å².